The average Bonchev–Trinajstić information content (AvgIpc) is 2.88. The molecule has 2 saturated heterocycles. The van der Waals surface area contributed by atoms with Crippen molar-refractivity contribution in [3.63, 3.8) is 0 Å². The number of aliphatic hydroxyl groups is 11. The van der Waals surface area contributed by atoms with Crippen LogP contribution in [0.2, 0.25) is 0 Å². The maximum absolute atomic E-state index is 12.0. The Morgan fingerprint density at radius 3 is 1.86 bits per heavy atom. The number of amides is 1. The lowest BCUT2D eigenvalue weighted by atomic mass is 9.95. The van der Waals surface area contributed by atoms with E-state index in [9.17, 15) is 55.9 Å². The predicted octanol–water partition coefficient (Wildman–Crippen LogP) is -7.79. The second-order valence-corrected chi connectivity index (χ2v) is 8.83. The molecular weight excluding hydrogens is 510 g/mol. The van der Waals surface area contributed by atoms with E-state index in [1.807, 2.05) is 0 Å². The van der Waals surface area contributed by atoms with Gasteiger partial charge < -0.3 is 80.4 Å². The number of carbonyl (C=O) groups excluding carboxylic acids is 1. The third-order valence-corrected chi connectivity index (χ3v) is 6.14. The molecular formula is C20H37NO16. The Labute approximate surface area is 211 Å². The SMILES string of the molecule is CC(=O)N[C@H]1[C@H](O[C@@H]([C@@H](O)[C@H](O)CO)[C@@H](O)CO)O[C@H](CO)[C@@H](O)[C@@H]1O[C@@H]1O[C@H](CO)[C@H](O)[C@H](O)[C@H]1O. The van der Waals surface area contributed by atoms with Crippen LogP contribution in [-0.2, 0) is 23.7 Å². The molecule has 12 N–H and O–H groups in total. The maximum Gasteiger partial charge on any atom is 0.217 e. The average molecular weight is 548 g/mol. The summed E-state index contributed by atoms with van der Waals surface area (Å²) < 4.78 is 21.9. The van der Waals surface area contributed by atoms with Crippen LogP contribution < -0.4 is 5.32 Å². The predicted molar refractivity (Wildman–Crippen MR) is 115 cm³/mol. The monoisotopic (exact) mass is 547 g/mol. The van der Waals surface area contributed by atoms with Crippen molar-refractivity contribution >= 4 is 5.91 Å². The first kappa shape index (κ1) is 32.1. The molecule has 1 amide bonds. The highest BCUT2D eigenvalue weighted by Crippen LogP contribution is 2.31. The van der Waals surface area contributed by atoms with Gasteiger partial charge in [0.25, 0.3) is 0 Å². The van der Waals surface area contributed by atoms with Crippen molar-refractivity contribution < 1.29 is 79.9 Å². The zero-order chi connectivity index (χ0) is 28.0. The Kier molecular flexibility index (Phi) is 12.4. The summed E-state index contributed by atoms with van der Waals surface area (Å²) in [6.07, 6.45) is -22.8. The first-order valence-electron chi connectivity index (χ1n) is 11.5. The van der Waals surface area contributed by atoms with Gasteiger partial charge in [-0.25, -0.2) is 0 Å². The van der Waals surface area contributed by atoms with E-state index in [1.165, 1.54) is 0 Å². The summed E-state index contributed by atoms with van der Waals surface area (Å²) in [4.78, 5) is 12.0. The molecule has 0 unspecified atom stereocenters. The molecule has 0 spiro atoms. The van der Waals surface area contributed by atoms with Gasteiger partial charge in [0.05, 0.1) is 26.4 Å². The normalized spacial score (nSPS) is 40.0. The van der Waals surface area contributed by atoms with E-state index in [1.54, 1.807) is 0 Å². The Hall–Kier alpha value is -1.13. The number of ether oxygens (including phenoxy) is 4. The fourth-order valence-corrected chi connectivity index (χ4v) is 4.05. The number of hydrogen-bond donors (Lipinski definition) is 12. The summed E-state index contributed by atoms with van der Waals surface area (Å²) in [5.74, 6) is -0.727. The van der Waals surface area contributed by atoms with E-state index >= 15 is 0 Å². The van der Waals surface area contributed by atoms with E-state index in [0.717, 1.165) is 6.92 Å². The van der Waals surface area contributed by atoms with E-state index in [2.05, 4.69) is 5.32 Å². The Bertz CT molecular complexity index is 701. The van der Waals surface area contributed by atoms with Gasteiger partial charge in [0.15, 0.2) is 12.6 Å². The minimum absolute atomic E-state index is 0.727. The van der Waals surface area contributed by atoms with Gasteiger partial charge in [0.2, 0.25) is 5.91 Å². The lowest BCUT2D eigenvalue weighted by Gasteiger charge is -2.48. The van der Waals surface area contributed by atoms with Gasteiger partial charge in [-0.05, 0) is 0 Å². The molecule has 0 radical (unpaired) electrons. The van der Waals surface area contributed by atoms with Crippen molar-refractivity contribution in [2.75, 3.05) is 26.4 Å². The highest BCUT2D eigenvalue weighted by molar-refractivity contribution is 5.73. The van der Waals surface area contributed by atoms with Crippen LogP contribution in [-0.4, -0.2) is 174 Å². The van der Waals surface area contributed by atoms with Crippen molar-refractivity contribution in [2.45, 2.75) is 92.7 Å². The van der Waals surface area contributed by atoms with Crippen molar-refractivity contribution in [1.82, 2.24) is 5.32 Å². The first-order valence-corrected chi connectivity index (χ1v) is 11.5. The molecule has 0 saturated carbocycles. The smallest absolute Gasteiger partial charge is 0.217 e. The Morgan fingerprint density at radius 2 is 1.35 bits per heavy atom. The number of aliphatic hydroxyl groups excluding tert-OH is 11. The molecule has 0 aromatic rings. The summed E-state index contributed by atoms with van der Waals surface area (Å²) >= 11 is 0. The van der Waals surface area contributed by atoms with Gasteiger partial charge in [-0.3, -0.25) is 4.79 Å². The van der Waals surface area contributed by atoms with Crippen molar-refractivity contribution in [3.05, 3.63) is 0 Å². The van der Waals surface area contributed by atoms with Crippen molar-refractivity contribution in [2.24, 2.45) is 0 Å². The topological polar surface area (TPSA) is 289 Å². The quantitative estimate of drug-likeness (QED) is 0.108. The summed E-state index contributed by atoms with van der Waals surface area (Å²) in [7, 11) is 0. The van der Waals surface area contributed by atoms with Crippen LogP contribution in [0.5, 0.6) is 0 Å². The number of hydrogen-bond acceptors (Lipinski definition) is 16. The van der Waals surface area contributed by atoms with Gasteiger partial charge in [-0.1, -0.05) is 0 Å². The standard InChI is InChI=1S/C20H37NO16/c1-6(26)21-11-18(37-20-16(33)15(32)13(30)9(4-24)35-20)14(31)10(5-25)34-19(11)36-17(8(28)3-23)12(29)7(27)2-22/h7-20,22-25,27-33H,2-5H2,1H3,(H,21,26)/t7-,8+,9-,10-,11-,12+,13+,14-,15+,16-,17-,18-,19+,20+/m1/s1. The second kappa shape index (κ2) is 14.3. The third-order valence-electron chi connectivity index (χ3n) is 6.14. The summed E-state index contributed by atoms with van der Waals surface area (Å²) in [5, 5.41) is 111. The molecule has 218 valence electrons. The lowest BCUT2D eigenvalue weighted by Crippen LogP contribution is -2.69. The summed E-state index contributed by atoms with van der Waals surface area (Å²) in [6.45, 7) is -2.50. The van der Waals surface area contributed by atoms with Crippen LogP contribution in [0.4, 0.5) is 0 Å². The van der Waals surface area contributed by atoms with Crippen LogP contribution in [0, 0.1) is 0 Å². The van der Waals surface area contributed by atoms with Crippen molar-refractivity contribution in [1.29, 1.82) is 0 Å². The van der Waals surface area contributed by atoms with Crippen LogP contribution in [0.3, 0.4) is 0 Å². The number of carbonyl (C=O) groups is 1. The molecule has 17 heteroatoms. The molecule has 2 fully saturated rings. The molecule has 0 aromatic carbocycles. The van der Waals surface area contributed by atoms with E-state index in [0.29, 0.717) is 0 Å². The number of nitrogens with one attached hydrogen (secondary N) is 1. The lowest BCUT2D eigenvalue weighted by molar-refractivity contribution is -0.352. The largest absolute Gasteiger partial charge is 0.394 e. The second-order valence-electron chi connectivity index (χ2n) is 8.83. The molecule has 2 rings (SSSR count). The van der Waals surface area contributed by atoms with Gasteiger partial charge in [0.1, 0.15) is 73.2 Å². The van der Waals surface area contributed by atoms with E-state index in [-0.39, 0.29) is 0 Å². The van der Waals surface area contributed by atoms with Crippen molar-refractivity contribution in [3.8, 4) is 0 Å². The minimum Gasteiger partial charge on any atom is -0.394 e. The highest BCUT2D eigenvalue weighted by Gasteiger charge is 2.52. The van der Waals surface area contributed by atoms with Crippen LogP contribution in [0.25, 0.3) is 0 Å². The zero-order valence-electron chi connectivity index (χ0n) is 19.9. The summed E-state index contributed by atoms with van der Waals surface area (Å²) in [5.41, 5.74) is 0. The van der Waals surface area contributed by atoms with E-state index < -0.39 is 118 Å². The first-order chi connectivity index (χ1) is 17.4. The van der Waals surface area contributed by atoms with Gasteiger partial charge in [0, 0.05) is 6.92 Å². The molecule has 0 aromatic heterocycles. The Balaban J connectivity index is 2.41. The molecule has 37 heavy (non-hydrogen) atoms. The fraction of sp³-hybridized carbons (Fsp3) is 0.950. The molecule has 17 nitrogen and oxygen atoms in total. The minimum atomic E-state index is -1.99. The molecule has 14 atom stereocenters. The molecule has 2 aliphatic rings. The van der Waals surface area contributed by atoms with Gasteiger partial charge in [-0.2, -0.15) is 0 Å². The fourth-order valence-electron chi connectivity index (χ4n) is 4.05. The summed E-state index contributed by atoms with van der Waals surface area (Å²) in [6, 6.07) is -1.53. The number of rotatable bonds is 12. The van der Waals surface area contributed by atoms with Crippen LogP contribution in [0.1, 0.15) is 6.92 Å². The van der Waals surface area contributed by atoms with Crippen LogP contribution >= 0.6 is 0 Å². The molecule has 0 bridgehead atoms. The molecule has 0 aliphatic carbocycles. The Morgan fingerprint density at radius 1 is 0.811 bits per heavy atom. The van der Waals surface area contributed by atoms with Gasteiger partial charge >= 0.3 is 0 Å². The highest BCUT2D eigenvalue weighted by atomic mass is 16.7. The van der Waals surface area contributed by atoms with Gasteiger partial charge in [-0.15, -0.1) is 0 Å². The van der Waals surface area contributed by atoms with E-state index in [4.69, 9.17) is 24.1 Å². The molecule has 2 heterocycles. The zero-order valence-corrected chi connectivity index (χ0v) is 19.9. The maximum atomic E-state index is 12.0. The third kappa shape index (κ3) is 7.50. The van der Waals surface area contributed by atoms with Crippen LogP contribution in [0.15, 0.2) is 0 Å². The molecule has 2 aliphatic heterocycles.